The number of piperidine rings is 1. The van der Waals surface area contributed by atoms with Crippen molar-refractivity contribution in [3.8, 4) is 0 Å². The highest BCUT2D eigenvalue weighted by atomic mass is 16.5. The third-order valence-corrected chi connectivity index (χ3v) is 4.59. The Morgan fingerprint density at radius 2 is 1.81 bits per heavy atom. The van der Waals surface area contributed by atoms with Crippen molar-refractivity contribution in [2.45, 2.75) is 40.0 Å². The van der Waals surface area contributed by atoms with Gasteiger partial charge in [-0.3, -0.25) is 4.79 Å². The van der Waals surface area contributed by atoms with Crippen molar-refractivity contribution in [3.63, 3.8) is 0 Å². The van der Waals surface area contributed by atoms with Crippen molar-refractivity contribution in [3.05, 3.63) is 29.3 Å². The highest BCUT2D eigenvalue weighted by molar-refractivity contribution is 5.89. The predicted octanol–water partition coefficient (Wildman–Crippen LogP) is 3.09. The maximum atomic E-state index is 12.4. The third kappa shape index (κ3) is 6.33. The predicted molar refractivity (Wildman–Crippen MR) is 103 cm³/mol. The zero-order chi connectivity index (χ0) is 18.9. The summed E-state index contributed by atoms with van der Waals surface area (Å²) in [6.07, 6.45) is 2.24. The van der Waals surface area contributed by atoms with E-state index in [4.69, 9.17) is 4.74 Å². The fraction of sp³-hybridized carbons (Fsp3) is 0.600. The molecule has 0 atom stereocenters. The van der Waals surface area contributed by atoms with Crippen molar-refractivity contribution in [2.75, 3.05) is 38.2 Å². The SMILES string of the molecule is CCOCCCNC(=O)C1CCN(C(=O)Nc2cc(C)cc(C)c2)CC1. The lowest BCUT2D eigenvalue weighted by Gasteiger charge is -2.31. The van der Waals surface area contributed by atoms with Crippen LogP contribution in [-0.2, 0) is 9.53 Å². The molecule has 0 radical (unpaired) electrons. The van der Waals surface area contributed by atoms with Crippen LogP contribution in [0.4, 0.5) is 10.5 Å². The summed E-state index contributed by atoms with van der Waals surface area (Å²) in [6.45, 7) is 9.23. The van der Waals surface area contributed by atoms with Crippen molar-refractivity contribution < 1.29 is 14.3 Å². The number of ether oxygens (including phenoxy) is 1. The number of nitrogens with zero attached hydrogens (tertiary/aromatic N) is 1. The number of carbonyl (C=O) groups is 2. The molecule has 2 rings (SSSR count). The molecule has 0 aromatic heterocycles. The second kappa shape index (κ2) is 10.2. The molecule has 26 heavy (non-hydrogen) atoms. The number of anilines is 1. The number of benzene rings is 1. The first-order chi connectivity index (χ1) is 12.5. The monoisotopic (exact) mass is 361 g/mol. The van der Waals surface area contributed by atoms with E-state index in [9.17, 15) is 9.59 Å². The van der Waals surface area contributed by atoms with Gasteiger partial charge < -0.3 is 20.3 Å². The van der Waals surface area contributed by atoms with Crippen molar-refractivity contribution in [1.82, 2.24) is 10.2 Å². The van der Waals surface area contributed by atoms with Gasteiger partial charge in [-0.2, -0.15) is 0 Å². The number of rotatable bonds is 7. The van der Waals surface area contributed by atoms with Crippen LogP contribution in [0.5, 0.6) is 0 Å². The molecule has 1 aliphatic heterocycles. The van der Waals surface area contributed by atoms with Gasteiger partial charge in [0.05, 0.1) is 0 Å². The van der Waals surface area contributed by atoms with Crippen LogP contribution < -0.4 is 10.6 Å². The van der Waals surface area contributed by atoms with Gasteiger partial charge in [0.25, 0.3) is 0 Å². The number of likely N-dealkylation sites (tertiary alicyclic amines) is 1. The summed E-state index contributed by atoms with van der Waals surface area (Å²) < 4.78 is 5.26. The summed E-state index contributed by atoms with van der Waals surface area (Å²) in [5.74, 6) is 0.0863. The van der Waals surface area contributed by atoms with Crippen LogP contribution in [0.1, 0.15) is 37.3 Å². The highest BCUT2D eigenvalue weighted by Crippen LogP contribution is 2.19. The van der Waals surface area contributed by atoms with E-state index in [-0.39, 0.29) is 17.9 Å². The molecule has 6 heteroatoms. The minimum absolute atomic E-state index is 0.00708. The molecule has 3 amide bonds. The maximum Gasteiger partial charge on any atom is 0.321 e. The maximum absolute atomic E-state index is 12.4. The number of hydrogen-bond donors (Lipinski definition) is 2. The first-order valence-electron chi connectivity index (χ1n) is 9.49. The molecule has 1 aliphatic rings. The summed E-state index contributed by atoms with van der Waals surface area (Å²) in [7, 11) is 0. The van der Waals surface area contributed by atoms with Crippen molar-refractivity contribution >= 4 is 17.6 Å². The van der Waals surface area contributed by atoms with Gasteiger partial charge in [0.15, 0.2) is 0 Å². The Bertz CT molecular complexity index is 590. The Morgan fingerprint density at radius 3 is 2.42 bits per heavy atom. The summed E-state index contributed by atoms with van der Waals surface area (Å²) in [5, 5.41) is 5.93. The fourth-order valence-electron chi connectivity index (χ4n) is 3.27. The number of amides is 3. The number of hydrogen-bond acceptors (Lipinski definition) is 3. The molecule has 0 unspecified atom stereocenters. The van der Waals surface area contributed by atoms with Gasteiger partial charge >= 0.3 is 6.03 Å². The van der Waals surface area contributed by atoms with Crippen LogP contribution in [0, 0.1) is 19.8 Å². The van der Waals surface area contributed by atoms with E-state index in [2.05, 4.69) is 16.7 Å². The number of carbonyl (C=O) groups excluding carboxylic acids is 2. The molecule has 0 spiro atoms. The largest absolute Gasteiger partial charge is 0.382 e. The smallest absolute Gasteiger partial charge is 0.321 e. The van der Waals surface area contributed by atoms with E-state index in [1.54, 1.807) is 4.90 Å². The van der Waals surface area contributed by atoms with E-state index in [0.29, 0.717) is 45.7 Å². The molecule has 2 N–H and O–H groups in total. The Balaban J connectivity index is 1.73. The van der Waals surface area contributed by atoms with Crippen LogP contribution in [0.15, 0.2) is 18.2 Å². The molecule has 144 valence electrons. The molecule has 0 bridgehead atoms. The first-order valence-corrected chi connectivity index (χ1v) is 9.49. The lowest BCUT2D eigenvalue weighted by Crippen LogP contribution is -2.44. The van der Waals surface area contributed by atoms with Crippen molar-refractivity contribution in [2.24, 2.45) is 5.92 Å². The van der Waals surface area contributed by atoms with Gasteiger partial charge in [-0.05, 0) is 63.3 Å². The van der Waals surface area contributed by atoms with E-state index < -0.39 is 0 Å². The van der Waals surface area contributed by atoms with Gasteiger partial charge in [-0.25, -0.2) is 4.79 Å². The molecule has 1 aromatic carbocycles. The van der Waals surface area contributed by atoms with Crippen LogP contribution in [-0.4, -0.2) is 49.7 Å². The summed E-state index contributed by atoms with van der Waals surface area (Å²) in [5.41, 5.74) is 3.07. The molecule has 0 aliphatic carbocycles. The zero-order valence-corrected chi connectivity index (χ0v) is 16.1. The molecule has 1 heterocycles. The van der Waals surface area contributed by atoms with Gasteiger partial charge in [-0.1, -0.05) is 6.07 Å². The molecule has 6 nitrogen and oxygen atoms in total. The highest BCUT2D eigenvalue weighted by Gasteiger charge is 2.27. The number of nitrogens with one attached hydrogen (secondary N) is 2. The average molecular weight is 361 g/mol. The minimum Gasteiger partial charge on any atom is -0.382 e. The van der Waals surface area contributed by atoms with Gasteiger partial charge in [0.2, 0.25) is 5.91 Å². The first kappa shape index (κ1) is 20.2. The normalized spacial score (nSPS) is 15.0. The lowest BCUT2D eigenvalue weighted by atomic mass is 9.96. The number of aryl methyl sites for hydroxylation is 2. The fourth-order valence-corrected chi connectivity index (χ4v) is 3.27. The quantitative estimate of drug-likeness (QED) is 0.733. The van der Waals surface area contributed by atoms with Gasteiger partial charge in [0.1, 0.15) is 0 Å². The lowest BCUT2D eigenvalue weighted by molar-refractivity contribution is -0.126. The van der Waals surface area contributed by atoms with Gasteiger partial charge in [-0.15, -0.1) is 0 Å². The van der Waals surface area contributed by atoms with Gasteiger partial charge in [0, 0.05) is 44.5 Å². The third-order valence-electron chi connectivity index (χ3n) is 4.59. The minimum atomic E-state index is -0.0921. The van der Waals surface area contributed by atoms with Crippen LogP contribution in [0.2, 0.25) is 0 Å². The standard InChI is InChI=1S/C20H31N3O3/c1-4-26-11-5-8-21-19(24)17-6-9-23(10-7-17)20(25)22-18-13-15(2)12-16(3)14-18/h12-14,17H,4-11H2,1-3H3,(H,21,24)(H,22,25). The topological polar surface area (TPSA) is 70.7 Å². The molecular formula is C20H31N3O3. The molecule has 1 aromatic rings. The van der Waals surface area contributed by atoms with Crippen molar-refractivity contribution in [1.29, 1.82) is 0 Å². The second-order valence-electron chi connectivity index (χ2n) is 6.91. The zero-order valence-electron chi connectivity index (χ0n) is 16.1. The molecule has 1 fully saturated rings. The molecule has 1 saturated heterocycles. The Labute approximate surface area is 156 Å². The Hall–Kier alpha value is -2.08. The number of urea groups is 1. The molecule has 0 saturated carbocycles. The summed E-state index contributed by atoms with van der Waals surface area (Å²) >= 11 is 0. The van der Waals surface area contributed by atoms with E-state index in [0.717, 1.165) is 23.2 Å². The van der Waals surface area contributed by atoms with E-state index in [1.807, 2.05) is 32.9 Å². The van der Waals surface area contributed by atoms with Crippen LogP contribution >= 0.6 is 0 Å². The molecular weight excluding hydrogens is 330 g/mol. The van der Waals surface area contributed by atoms with Crippen LogP contribution in [0.25, 0.3) is 0 Å². The Morgan fingerprint density at radius 1 is 1.15 bits per heavy atom. The Kier molecular flexibility index (Phi) is 7.91. The average Bonchev–Trinajstić information content (AvgIpc) is 2.60. The summed E-state index contributed by atoms with van der Waals surface area (Å²) in [6, 6.07) is 5.92. The van der Waals surface area contributed by atoms with Crippen LogP contribution in [0.3, 0.4) is 0 Å². The van der Waals surface area contributed by atoms with E-state index in [1.165, 1.54) is 0 Å². The van der Waals surface area contributed by atoms with E-state index >= 15 is 0 Å². The summed E-state index contributed by atoms with van der Waals surface area (Å²) in [4.78, 5) is 26.4. The second-order valence-corrected chi connectivity index (χ2v) is 6.91.